The number of aryl methyl sites for hydroxylation is 1. The first-order valence-corrected chi connectivity index (χ1v) is 7.81. The quantitative estimate of drug-likeness (QED) is 0.922. The highest BCUT2D eigenvalue weighted by Gasteiger charge is 2.31. The first-order valence-electron chi connectivity index (χ1n) is 7.81. The van der Waals surface area contributed by atoms with Crippen molar-refractivity contribution in [3.05, 3.63) is 47.8 Å². The van der Waals surface area contributed by atoms with Crippen molar-refractivity contribution < 1.29 is 13.9 Å². The van der Waals surface area contributed by atoms with Gasteiger partial charge in [-0.05, 0) is 30.9 Å². The minimum absolute atomic E-state index is 0.00709. The van der Waals surface area contributed by atoms with Crippen LogP contribution in [-0.4, -0.2) is 34.4 Å². The highest BCUT2D eigenvalue weighted by atomic mass is 19.1. The molecule has 23 heavy (non-hydrogen) atoms. The predicted molar refractivity (Wildman–Crippen MR) is 83.5 cm³/mol. The van der Waals surface area contributed by atoms with Crippen LogP contribution in [0.3, 0.4) is 0 Å². The van der Waals surface area contributed by atoms with Crippen molar-refractivity contribution in [2.45, 2.75) is 31.7 Å². The molecule has 0 aliphatic carbocycles. The van der Waals surface area contributed by atoms with Crippen LogP contribution in [0.4, 0.5) is 4.39 Å². The van der Waals surface area contributed by atoms with Gasteiger partial charge in [0.05, 0.1) is 13.2 Å². The summed E-state index contributed by atoms with van der Waals surface area (Å²) in [5.74, 6) is 0.686. The maximum Gasteiger partial charge on any atom is 0.223 e. The molecule has 1 aromatic heterocycles. The molecule has 1 N–H and O–H groups in total. The summed E-state index contributed by atoms with van der Waals surface area (Å²) >= 11 is 0. The average Bonchev–Trinajstić information content (AvgIpc) is 3.24. The Morgan fingerprint density at radius 2 is 2.39 bits per heavy atom. The van der Waals surface area contributed by atoms with E-state index in [4.69, 9.17) is 4.74 Å². The van der Waals surface area contributed by atoms with Gasteiger partial charge in [-0.15, -0.1) is 0 Å². The number of amides is 1. The molecule has 0 bridgehead atoms. The molecule has 122 valence electrons. The van der Waals surface area contributed by atoms with Crippen LogP contribution in [-0.2, 0) is 11.2 Å². The molecule has 1 saturated heterocycles. The van der Waals surface area contributed by atoms with E-state index < -0.39 is 0 Å². The molecule has 1 fully saturated rings. The molecule has 2 heterocycles. The summed E-state index contributed by atoms with van der Waals surface area (Å²) < 4.78 is 19.1. The van der Waals surface area contributed by atoms with E-state index in [1.54, 1.807) is 30.6 Å². The first-order chi connectivity index (χ1) is 11.2. The molecule has 6 heteroatoms. The lowest BCUT2D eigenvalue weighted by Gasteiger charge is -2.23. The minimum atomic E-state index is -0.383. The number of ether oxygens (including phenoxy) is 1. The van der Waals surface area contributed by atoms with Crippen LogP contribution in [0.5, 0.6) is 5.75 Å². The van der Waals surface area contributed by atoms with Gasteiger partial charge in [0.15, 0.2) is 11.6 Å². The van der Waals surface area contributed by atoms with Gasteiger partial charge in [-0.25, -0.2) is 9.37 Å². The lowest BCUT2D eigenvalue weighted by atomic mass is 10.1. The molecule has 0 spiro atoms. The summed E-state index contributed by atoms with van der Waals surface area (Å²) in [6.07, 6.45) is 5.98. The van der Waals surface area contributed by atoms with Crippen molar-refractivity contribution in [3.63, 3.8) is 0 Å². The van der Waals surface area contributed by atoms with Crippen LogP contribution in [0.15, 0.2) is 30.6 Å². The van der Waals surface area contributed by atoms with Gasteiger partial charge in [0.25, 0.3) is 0 Å². The number of rotatable bonds is 5. The highest BCUT2D eigenvalue weighted by Crippen LogP contribution is 2.30. The Bertz CT molecular complexity index is 672. The van der Waals surface area contributed by atoms with Crippen LogP contribution in [0, 0.1) is 5.82 Å². The second-order valence-electron chi connectivity index (χ2n) is 5.65. The Hall–Kier alpha value is -2.37. The molecular formula is C17H20FN3O2. The normalized spacial score (nSPS) is 17.5. The van der Waals surface area contributed by atoms with Gasteiger partial charge >= 0.3 is 0 Å². The molecule has 2 aromatic rings. The van der Waals surface area contributed by atoms with Gasteiger partial charge in [-0.3, -0.25) is 4.79 Å². The molecule has 1 unspecified atom stereocenters. The SMILES string of the molecule is COc1cccc(CCC(=O)N2CCCC2c2ncc[nH]2)c1F. The number of halogens is 1. The zero-order valence-electron chi connectivity index (χ0n) is 13.1. The number of carbonyl (C=O) groups excluding carboxylic acids is 1. The third-order valence-electron chi connectivity index (χ3n) is 4.28. The van der Waals surface area contributed by atoms with Crippen molar-refractivity contribution >= 4 is 5.91 Å². The standard InChI is InChI=1S/C17H20FN3O2/c1-23-14-6-2-4-12(16(14)18)7-8-15(22)21-11-3-5-13(21)17-19-9-10-20-17/h2,4,6,9-10,13H,3,5,7-8,11H2,1H3,(H,19,20). The molecule has 0 saturated carbocycles. The first kappa shape index (κ1) is 15.5. The van der Waals surface area contributed by atoms with Crippen LogP contribution in [0.1, 0.15) is 36.7 Å². The van der Waals surface area contributed by atoms with Gasteiger partial charge in [0.1, 0.15) is 5.82 Å². The number of H-pyrrole nitrogens is 1. The van der Waals surface area contributed by atoms with E-state index in [0.29, 0.717) is 12.0 Å². The summed E-state index contributed by atoms with van der Waals surface area (Å²) in [4.78, 5) is 21.7. The topological polar surface area (TPSA) is 58.2 Å². The van der Waals surface area contributed by atoms with Crippen molar-refractivity contribution in [2.75, 3.05) is 13.7 Å². The third-order valence-corrected chi connectivity index (χ3v) is 4.28. The van der Waals surface area contributed by atoms with E-state index in [2.05, 4.69) is 9.97 Å². The van der Waals surface area contributed by atoms with E-state index in [9.17, 15) is 9.18 Å². The second kappa shape index (κ2) is 6.81. The number of imidazole rings is 1. The highest BCUT2D eigenvalue weighted by molar-refractivity contribution is 5.77. The molecule has 5 nitrogen and oxygen atoms in total. The fraction of sp³-hybridized carbons (Fsp3) is 0.412. The minimum Gasteiger partial charge on any atom is -0.494 e. The molecule has 1 aliphatic rings. The lowest BCUT2D eigenvalue weighted by Crippen LogP contribution is -2.31. The number of benzene rings is 1. The molecule has 1 atom stereocenters. The molecule has 3 rings (SSSR count). The number of hydrogen-bond acceptors (Lipinski definition) is 3. The van der Waals surface area contributed by atoms with Gasteiger partial charge in [0.2, 0.25) is 5.91 Å². The van der Waals surface area contributed by atoms with E-state index in [1.807, 2.05) is 4.90 Å². The lowest BCUT2D eigenvalue weighted by molar-refractivity contribution is -0.132. The molecular weight excluding hydrogens is 297 g/mol. The van der Waals surface area contributed by atoms with E-state index >= 15 is 0 Å². The van der Waals surface area contributed by atoms with Crippen molar-refractivity contribution in [2.24, 2.45) is 0 Å². The summed E-state index contributed by atoms with van der Waals surface area (Å²) in [7, 11) is 1.44. The number of carbonyl (C=O) groups is 1. The maximum absolute atomic E-state index is 14.1. The molecule has 1 aliphatic heterocycles. The number of nitrogens with zero attached hydrogens (tertiary/aromatic N) is 2. The maximum atomic E-state index is 14.1. The second-order valence-corrected chi connectivity index (χ2v) is 5.65. The van der Waals surface area contributed by atoms with E-state index in [0.717, 1.165) is 25.2 Å². The Kier molecular flexibility index (Phi) is 4.60. The predicted octanol–water partition coefficient (Wildman–Crippen LogP) is 2.85. The van der Waals surface area contributed by atoms with Gasteiger partial charge in [0, 0.05) is 25.4 Å². The third kappa shape index (κ3) is 3.21. The fourth-order valence-electron chi connectivity index (χ4n) is 3.10. The van der Waals surface area contributed by atoms with Gasteiger partial charge in [-0.2, -0.15) is 0 Å². The van der Waals surface area contributed by atoms with Crippen molar-refractivity contribution in [1.29, 1.82) is 0 Å². The Labute approximate surface area is 134 Å². The number of likely N-dealkylation sites (tertiary alicyclic amines) is 1. The number of aromatic nitrogens is 2. The Morgan fingerprint density at radius 3 is 3.13 bits per heavy atom. The average molecular weight is 317 g/mol. The molecule has 1 amide bonds. The van der Waals surface area contributed by atoms with Crippen LogP contribution >= 0.6 is 0 Å². The summed E-state index contributed by atoms with van der Waals surface area (Å²) in [6, 6.07) is 5.02. The van der Waals surface area contributed by atoms with Crippen LogP contribution in [0.25, 0.3) is 0 Å². The van der Waals surface area contributed by atoms with Crippen LogP contribution < -0.4 is 4.74 Å². The number of aromatic amines is 1. The summed E-state index contributed by atoms with van der Waals surface area (Å²) in [5.41, 5.74) is 0.506. The zero-order chi connectivity index (χ0) is 16.2. The van der Waals surface area contributed by atoms with Gasteiger partial charge in [-0.1, -0.05) is 12.1 Å². The Morgan fingerprint density at radius 1 is 1.52 bits per heavy atom. The number of nitrogens with one attached hydrogen (secondary N) is 1. The van der Waals surface area contributed by atoms with Crippen molar-refractivity contribution in [1.82, 2.24) is 14.9 Å². The van der Waals surface area contributed by atoms with Crippen LogP contribution in [0.2, 0.25) is 0 Å². The van der Waals surface area contributed by atoms with Gasteiger partial charge < -0.3 is 14.6 Å². The monoisotopic (exact) mass is 317 g/mol. The molecule has 0 radical (unpaired) electrons. The smallest absolute Gasteiger partial charge is 0.223 e. The fourth-order valence-corrected chi connectivity index (χ4v) is 3.10. The largest absolute Gasteiger partial charge is 0.494 e. The zero-order valence-corrected chi connectivity index (χ0v) is 13.1. The van der Waals surface area contributed by atoms with Crippen molar-refractivity contribution in [3.8, 4) is 5.75 Å². The summed E-state index contributed by atoms with van der Waals surface area (Å²) in [5, 5.41) is 0. The Balaban J connectivity index is 1.65. The number of hydrogen-bond donors (Lipinski definition) is 1. The van der Waals surface area contributed by atoms with E-state index in [1.165, 1.54) is 7.11 Å². The summed E-state index contributed by atoms with van der Waals surface area (Å²) in [6.45, 7) is 0.727. The number of methoxy groups -OCH3 is 1. The molecule has 1 aromatic carbocycles. The van der Waals surface area contributed by atoms with E-state index in [-0.39, 0.29) is 29.9 Å².